The molecule has 3 aromatic rings. The Bertz CT molecular complexity index is 1110. The number of piperazine rings is 1. The van der Waals surface area contributed by atoms with Crippen molar-refractivity contribution in [1.29, 1.82) is 0 Å². The van der Waals surface area contributed by atoms with E-state index in [2.05, 4.69) is 20.4 Å². The first-order chi connectivity index (χ1) is 16.5. The largest absolute Gasteiger partial charge is 0.497 e. The highest BCUT2D eigenvalue weighted by atomic mass is 16.5. The minimum atomic E-state index is -0.137. The van der Waals surface area contributed by atoms with Gasteiger partial charge in [-0.3, -0.25) is 9.59 Å². The molecule has 0 bridgehead atoms. The number of nitrogens with zero attached hydrogens (tertiary/aromatic N) is 4. The molecule has 9 nitrogen and oxygen atoms in total. The molecule has 0 unspecified atom stereocenters. The Morgan fingerprint density at radius 3 is 2.15 bits per heavy atom. The number of hydrogen-bond acceptors (Lipinski definition) is 7. The first kappa shape index (κ1) is 23.0. The molecule has 1 saturated heterocycles. The lowest BCUT2D eigenvalue weighted by atomic mass is 10.1. The van der Waals surface area contributed by atoms with Gasteiger partial charge >= 0.3 is 0 Å². The van der Waals surface area contributed by atoms with E-state index in [0.717, 1.165) is 22.8 Å². The maximum Gasteiger partial charge on any atom is 0.260 e. The molecule has 4 rings (SSSR count). The summed E-state index contributed by atoms with van der Waals surface area (Å²) < 4.78 is 10.8. The van der Waals surface area contributed by atoms with Crippen molar-refractivity contribution >= 4 is 23.3 Å². The minimum absolute atomic E-state index is 0.0319. The van der Waals surface area contributed by atoms with Crippen molar-refractivity contribution in [2.45, 2.75) is 6.92 Å². The Labute approximate surface area is 198 Å². The van der Waals surface area contributed by atoms with Crippen LogP contribution in [-0.2, 0) is 9.59 Å². The van der Waals surface area contributed by atoms with E-state index in [4.69, 9.17) is 9.47 Å². The lowest BCUT2D eigenvalue weighted by Crippen LogP contribution is -2.50. The number of aromatic nitrogens is 2. The second kappa shape index (κ2) is 10.7. The van der Waals surface area contributed by atoms with Crippen LogP contribution in [-0.4, -0.2) is 66.8 Å². The van der Waals surface area contributed by atoms with Gasteiger partial charge in [0.15, 0.2) is 12.4 Å². The van der Waals surface area contributed by atoms with Gasteiger partial charge in [-0.05, 0) is 60.7 Å². The Balaban J connectivity index is 1.25. The van der Waals surface area contributed by atoms with Gasteiger partial charge in [0.25, 0.3) is 5.91 Å². The maximum atomic E-state index is 12.6. The molecule has 1 aliphatic heterocycles. The number of benzene rings is 2. The van der Waals surface area contributed by atoms with Gasteiger partial charge in [-0.25, -0.2) is 0 Å². The molecule has 1 aromatic heterocycles. The Hall–Kier alpha value is -4.14. The van der Waals surface area contributed by atoms with Crippen molar-refractivity contribution in [3.63, 3.8) is 0 Å². The fourth-order valence-electron chi connectivity index (χ4n) is 3.67. The van der Waals surface area contributed by atoms with Crippen molar-refractivity contribution in [1.82, 2.24) is 15.1 Å². The van der Waals surface area contributed by atoms with E-state index in [1.165, 1.54) is 6.92 Å². The number of amides is 2. The van der Waals surface area contributed by atoms with E-state index < -0.39 is 0 Å². The van der Waals surface area contributed by atoms with Gasteiger partial charge in [-0.2, -0.15) is 0 Å². The number of nitrogens with one attached hydrogen (secondary N) is 1. The van der Waals surface area contributed by atoms with E-state index in [9.17, 15) is 9.59 Å². The van der Waals surface area contributed by atoms with E-state index in [-0.39, 0.29) is 18.4 Å². The van der Waals surface area contributed by atoms with Crippen LogP contribution in [0.25, 0.3) is 11.3 Å². The fraction of sp³-hybridized carbons (Fsp3) is 0.280. The highest BCUT2D eigenvalue weighted by Gasteiger charge is 2.22. The number of anilines is 2. The third kappa shape index (κ3) is 5.80. The number of carbonyl (C=O) groups excluding carboxylic acids is 2. The van der Waals surface area contributed by atoms with Gasteiger partial charge in [0.05, 0.1) is 12.8 Å². The summed E-state index contributed by atoms with van der Waals surface area (Å²) in [6.45, 7) is 3.95. The Morgan fingerprint density at radius 2 is 1.56 bits per heavy atom. The van der Waals surface area contributed by atoms with Gasteiger partial charge in [0, 0.05) is 44.4 Å². The van der Waals surface area contributed by atoms with Crippen LogP contribution in [0.3, 0.4) is 0 Å². The molecule has 1 aliphatic rings. The molecule has 34 heavy (non-hydrogen) atoms. The minimum Gasteiger partial charge on any atom is -0.497 e. The summed E-state index contributed by atoms with van der Waals surface area (Å²) in [4.78, 5) is 27.6. The first-order valence-corrected chi connectivity index (χ1v) is 11.0. The number of hydrogen-bond donors (Lipinski definition) is 1. The molecule has 2 amide bonds. The van der Waals surface area contributed by atoms with Crippen molar-refractivity contribution in [3.05, 3.63) is 60.7 Å². The molecule has 9 heteroatoms. The predicted molar refractivity (Wildman–Crippen MR) is 129 cm³/mol. The van der Waals surface area contributed by atoms with Crippen LogP contribution in [0.1, 0.15) is 6.92 Å². The Morgan fingerprint density at radius 1 is 0.882 bits per heavy atom. The molecule has 0 spiro atoms. The van der Waals surface area contributed by atoms with E-state index >= 15 is 0 Å². The molecular formula is C25H27N5O4. The number of carbonyl (C=O) groups is 2. The zero-order valence-corrected chi connectivity index (χ0v) is 19.2. The topological polar surface area (TPSA) is 96.9 Å². The average Bonchev–Trinajstić information content (AvgIpc) is 2.88. The van der Waals surface area contributed by atoms with Crippen LogP contribution < -0.4 is 19.7 Å². The van der Waals surface area contributed by atoms with Crippen molar-refractivity contribution in [3.8, 4) is 22.8 Å². The molecule has 2 aromatic carbocycles. The summed E-state index contributed by atoms with van der Waals surface area (Å²) in [6, 6.07) is 18.5. The van der Waals surface area contributed by atoms with Crippen LogP contribution in [0.5, 0.6) is 11.5 Å². The van der Waals surface area contributed by atoms with Gasteiger partial charge in [0.2, 0.25) is 5.91 Å². The molecule has 0 radical (unpaired) electrons. The SMILES string of the molecule is COc1ccc(-c2ccc(N3CCN(C(=O)COc4ccc(NC(C)=O)cc4)CC3)nn2)cc1. The van der Waals surface area contributed by atoms with Gasteiger partial charge < -0.3 is 24.6 Å². The first-order valence-electron chi connectivity index (χ1n) is 11.0. The van der Waals surface area contributed by atoms with Crippen molar-refractivity contribution in [2.24, 2.45) is 0 Å². The second-order valence-electron chi connectivity index (χ2n) is 7.87. The molecule has 2 heterocycles. The molecule has 0 aliphatic carbocycles. The van der Waals surface area contributed by atoms with Gasteiger partial charge in [0.1, 0.15) is 11.5 Å². The highest BCUT2D eigenvalue weighted by molar-refractivity contribution is 5.88. The van der Waals surface area contributed by atoms with E-state index in [0.29, 0.717) is 37.6 Å². The van der Waals surface area contributed by atoms with Gasteiger partial charge in [-0.15, -0.1) is 10.2 Å². The summed E-state index contributed by atoms with van der Waals surface area (Å²) in [7, 11) is 1.64. The van der Waals surface area contributed by atoms with Crippen molar-refractivity contribution in [2.75, 3.05) is 50.1 Å². The second-order valence-corrected chi connectivity index (χ2v) is 7.87. The monoisotopic (exact) mass is 461 g/mol. The predicted octanol–water partition coefficient (Wildman–Crippen LogP) is 2.84. The van der Waals surface area contributed by atoms with Crippen LogP contribution >= 0.6 is 0 Å². The molecule has 1 fully saturated rings. The molecule has 0 atom stereocenters. The summed E-state index contributed by atoms with van der Waals surface area (Å²) in [5.41, 5.74) is 2.45. The fourth-order valence-corrected chi connectivity index (χ4v) is 3.67. The smallest absolute Gasteiger partial charge is 0.260 e. The third-order valence-electron chi connectivity index (χ3n) is 5.53. The number of methoxy groups -OCH3 is 1. The standard InChI is InChI=1S/C25H27N5O4/c1-18(31)26-20-5-9-22(10-6-20)34-17-25(32)30-15-13-29(14-16-30)24-12-11-23(27-28-24)19-3-7-21(33-2)8-4-19/h3-12H,13-17H2,1-2H3,(H,26,31). The third-order valence-corrected chi connectivity index (χ3v) is 5.53. The lowest BCUT2D eigenvalue weighted by molar-refractivity contribution is -0.133. The molecule has 176 valence electrons. The molecular weight excluding hydrogens is 434 g/mol. The van der Waals surface area contributed by atoms with Crippen molar-refractivity contribution < 1.29 is 19.1 Å². The number of rotatable bonds is 7. The van der Waals surface area contributed by atoms with Crippen LogP contribution in [0.15, 0.2) is 60.7 Å². The summed E-state index contributed by atoms with van der Waals surface area (Å²) >= 11 is 0. The number of ether oxygens (including phenoxy) is 2. The highest BCUT2D eigenvalue weighted by Crippen LogP contribution is 2.22. The van der Waals surface area contributed by atoms with E-state index in [1.807, 2.05) is 36.4 Å². The van der Waals surface area contributed by atoms with Gasteiger partial charge in [-0.1, -0.05) is 0 Å². The maximum absolute atomic E-state index is 12.6. The Kier molecular flexibility index (Phi) is 7.22. The summed E-state index contributed by atoms with van der Waals surface area (Å²) in [5, 5.41) is 11.4. The van der Waals surface area contributed by atoms with E-state index in [1.54, 1.807) is 36.3 Å². The lowest BCUT2D eigenvalue weighted by Gasteiger charge is -2.35. The molecule has 1 N–H and O–H groups in total. The quantitative estimate of drug-likeness (QED) is 0.578. The summed E-state index contributed by atoms with van der Waals surface area (Å²) in [5.74, 6) is 1.97. The normalized spacial score (nSPS) is 13.4. The zero-order chi connectivity index (χ0) is 23.9. The van der Waals surface area contributed by atoms with Crippen LogP contribution in [0, 0.1) is 0 Å². The molecule has 0 saturated carbocycles. The van der Waals surface area contributed by atoms with Crippen LogP contribution in [0.2, 0.25) is 0 Å². The van der Waals surface area contributed by atoms with Crippen LogP contribution in [0.4, 0.5) is 11.5 Å². The average molecular weight is 462 g/mol. The summed E-state index contributed by atoms with van der Waals surface area (Å²) in [6.07, 6.45) is 0. The zero-order valence-electron chi connectivity index (χ0n) is 19.2.